The summed E-state index contributed by atoms with van der Waals surface area (Å²) in [4.78, 5) is 35.6. The molecule has 1 aromatic carbocycles. The van der Waals surface area contributed by atoms with Gasteiger partial charge in [0.2, 0.25) is 0 Å². The topological polar surface area (TPSA) is 117 Å². The molecule has 0 aliphatic carbocycles. The number of hydrogen-bond donors (Lipinski definition) is 2. The van der Waals surface area contributed by atoms with Crippen LogP contribution >= 0.6 is 11.3 Å². The zero-order chi connectivity index (χ0) is 20.7. The number of hydrogen-bond acceptors (Lipinski definition) is 7. The molecule has 0 fully saturated rings. The summed E-state index contributed by atoms with van der Waals surface area (Å²) in [5.41, 5.74) is 6.30. The molecule has 8 nitrogen and oxygen atoms in total. The number of thiophene rings is 1. The second-order valence-corrected chi connectivity index (χ2v) is 6.79. The lowest BCUT2D eigenvalue weighted by atomic mass is 10.1. The fraction of sp³-hybridized carbons (Fsp3) is 0.316. The smallest absolute Gasteiger partial charge is 0.306 e. The largest absolute Gasteiger partial charge is 0.497 e. The molecule has 0 unspecified atom stereocenters. The Morgan fingerprint density at radius 1 is 1.14 bits per heavy atom. The molecular formula is C19H22N2O6S. The first-order chi connectivity index (χ1) is 13.3. The van der Waals surface area contributed by atoms with Gasteiger partial charge in [0.1, 0.15) is 16.5 Å². The molecule has 0 bridgehead atoms. The van der Waals surface area contributed by atoms with E-state index < -0.39 is 23.9 Å². The van der Waals surface area contributed by atoms with Crippen molar-refractivity contribution >= 4 is 34.1 Å². The molecule has 0 saturated carbocycles. The Hall–Kier alpha value is -3.07. The molecule has 3 N–H and O–H groups in total. The van der Waals surface area contributed by atoms with Crippen LogP contribution in [0.25, 0.3) is 0 Å². The molecule has 1 heterocycles. The summed E-state index contributed by atoms with van der Waals surface area (Å²) in [6.07, 6.45) is -0.535. The second-order valence-electron chi connectivity index (χ2n) is 5.87. The lowest BCUT2D eigenvalue weighted by Gasteiger charge is -2.13. The highest BCUT2D eigenvalue weighted by Crippen LogP contribution is 2.24. The first-order valence-corrected chi connectivity index (χ1v) is 9.31. The van der Waals surface area contributed by atoms with Gasteiger partial charge >= 0.3 is 5.97 Å². The van der Waals surface area contributed by atoms with E-state index in [-0.39, 0.29) is 12.0 Å². The van der Waals surface area contributed by atoms with Crippen LogP contribution in [-0.2, 0) is 20.7 Å². The van der Waals surface area contributed by atoms with Gasteiger partial charge in [0, 0.05) is 12.5 Å². The molecule has 0 aliphatic rings. The number of primary amides is 1. The maximum absolute atomic E-state index is 12.2. The number of esters is 1. The number of rotatable bonds is 9. The maximum Gasteiger partial charge on any atom is 0.306 e. The van der Waals surface area contributed by atoms with E-state index in [0.29, 0.717) is 22.9 Å². The maximum atomic E-state index is 12.2. The van der Waals surface area contributed by atoms with Crippen molar-refractivity contribution < 1.29 is 28.6 Å². The van der Waals surface area contributed by atoms with Crippen molar-refractivity contribution in [2.24, 2.45) is 5.73 Å². The minimum absolute atomic E-state index is 0.0828. The van der Waals surface area contributed by atoms with Gasteiger partial charge in [0.25, 0.3) is 11.8 Å². The van der Waals surface area contributed by atoms with Gasteiger partial charge in [-0.2, -0.15) is 0 Å². The molecule has 0 radical (unpaired) electrons. The molecule has 0 aliphatic heterocycles. The van der Waals surface area contributed by atoms with Crippen LogP contribution in [0, 0.1) is 0 Å². The normalized spacial score (nSPS) is 11.4. The number of nitrogens with two attached hydrogens (primary N) is 1. The minimum atomic E-state index is -1.02. The average molecular weight is 406 g/mol. The summed E-state index contributed by atoms with van der Waals surface area (Å²) in [5.74, 6) is -0.463. The highest BCUT2D eigenvalue weighted by Gasteiger charge is 2.20. The standard InChI is InChI=1S/C19H22N2O6S/c1-11(18(24)21-19-15(17(20)23)6-7-28-19)27-16(22)5-4-12-8-13(25-2)10-14(9-12)26-3/h6-11H,4-5H2,1-3H3,(H2,20,23)(H,21,24)/t11-/m1/s1. The molecule has 0 spiro atoms. The van der Waals surface area contributed by atoms with Crippen LogP contribution in [0.4, 0.5) is 5.00 Å². The van der Waals surface area contributed by atoms with Crippen LogP contribution < -0.4 is 20.5 Å². The van der Waals surface area contributed by atoms with Gasteiger partial charge in [-0.15, -0.1) is 11.3 Å². The molecule has 1 atom stereocenters. The van der Waals surface area contributed by atoms with Crippen molar-refractivity contribution in [3.63, 3.8) is 0 Å². The summed E-state index contributed by atoms with van der Waals surface area (Å²) in [6.45, 7) is 1.46. The molecular weight excluding hydrogens is 384 g/mol. The predicted molar refractivity (Wildman–Crippen MR) is 105 cm³/mol. The molecule has 2 aromatic rings. The summed E-state index contributed by atoms with van der Waals surface area (Å²) in [7, 11) is 3.09. The third kappa shape index (κ3) is 5.71. The van der Waals surface area contributed by atoms with E-state index >= 15 is 0 Å². The van der Waals surface area contributed by atoms with Crippen LogP contribution in [0.15, 0.2) is 29.6 Å². The fourth-order valence-corrected chi connectivity index (χ4v) is 3.18. The van der Waals surface area contributed by atoms with E-state index in [0.717, 1.165) is 16.9 Å². The summed E-state index contributed by atoms with van der Waals surface area (Å²) >= 11 is 1.16. The third-order valence-electron chi connectivity index (χ3n) is 3.87. The summed E-state index contributed by atoms with van der Waals surface area (Å²) in [6, 6.07) is 6.85. The first-order valence-electron chi connectivity index (χ1n) is 8.43. The van der Waals surface area contributed by atoms with Crippen LogP contribution in [0.5, 0.6) is 11.5 Å². The Bertz CT molecular complexity index is 842. The van der Waals surface area contributed by atoms with Crippen LogP contribution in [0.1, 0.15) is 29.3 Å². The molecule has 2 rings (SSSR count). The number of anilines is 1. The lowest BCUT2D eigenvalue weighted by Crippen LogP contribution is -2.30. The molecule has 9 heteroatoms. The second kappa shape index (κ2) is 9.75. The Labute approximate surface area is 166 Å². The average Bonchev–Trinajstić information content (AvgIpc) is 3.14. The Morgan fingerprint density at radius 2 is 1.79 bits per heavy atom. The van der Waals surface area contributed by atoms with Gasteiger partial charge < -0.3 is 25.3 Å². The zero-order valence-electron chi connectivity index (χ0n) is 15.8. The SMILES string of the molecule is COc1cc(CCC(=O)O[C@H](C)C(=O)Nc2sccc2C(N)=O)cc(OC)c1. The van der Waals surface area contributed by atoms with Gasteiger partial charge in [-0.25, -0.2) is 0 Å². The van der Waals surface area contributed by atoms with Crippen molar-refractivity contribution in [2.45, 2.75) is 25.9 Å². The summed E-state index contributed by atoms with van der Waals surface area (Å²) in [5, 5.41) is 4.51. The fourth-order valence-electron chi connectivity index (χ4n) is 2.38. The molecule has 28 heavy (non-hydrogen) atoms. The van der Waals surface area contributed by atoms with E-state index in [1.807, 2.05) is 0 Å². The number of nitrogens with one attached hydrogen (secondary N) is 1. The Kier molecular flexibility index (Phi) is 7.39. The zero-order valence-corrected chi connectivity index (χ0v) is 16.6. The monoisotopic (exact) mass is 406 g/mol. The van der Waals surface area contributed by atoms with Gasteiger partial charge in [-0.05, 0) is 42.5 Å². The number of carbonyl (C=O) groups is 3. The van der Waals surface area contributed by atoms with Gasteiger partial charge in [0.05, 0.1) is 19.8 Å². The molecule has 150 valence electrons. The van der Waals surface area contributed by atoms with E-state index in [2.05, 4.69) is 5.32 Å². The first kappa shape index (κ1) is 21.2. The highest BCUT2D eigenvalue weighted by atomic mass is 32.1. The quantitative estimate of drug-likeness (QED) is 0.618. The van der Waals surface area contributed by atoms with E-state index in [9.17, 15) is 14.4 Å². The van der Waals surface area contributed by atoms with Gasteiger partial charge in [0.15, 0.2) is 6.10 Å². The number of carbonyl (C=O) groups excluding carboxylic acids is 3. The number of amides is 2. The van der Waals surface area contributed by atoms with Crippen molar-refractivity contribution in [3.05, 3.63) is 40.8 Å². The van der Waals surface area contributed by atoms with E-state index in [1.165, 1.54) is 13.0 Å². The Morgan fingerprint density at radius 3 is 2.36 bits per heavy atom. The van der Waals surface area contributed by atoms with Crippen LogP contribution in [0.2, 0.25) is 0 Å². The number of ether oxygens (including phenoxy) is 3. The predicted octanol–water partition coefficient (Wildman–Crippen LogP) is 2.37. The van der Waals surface area contributed by atoms with E-state index in [1.54, 1.807) is 37.8 Å². The van der Waals surface area contributed by atoms with E-state index in [4.69, 9.17) is 19.9 Å². The van der Waals surface area contributed by atoms with Gasteiger partial charge in [-0.1, -0.05) is 0 Å². The third-order valence-corrected chi connectivity index (χ3v) is 4.70. The van der Waals surface area contributed by atoms with Crippen molar-refractivity contribution in [1.29, 1.82) is 0 Å². The van der Waals surface area contributed by atoms with Crippen molar-refractivity contribution in [2.75, 3.05) is 19.5 Å². The number of benzene rings is 1. The summed E-state index contributed by atoms with van der Waals surface area (Å²) < 4.78 is 15.6. The van der Waals surface area contributed by atoms with Gasteiger partial charge in [-0.3, -0.25) is 14.4 Å². The number of aryl methyl sites for hydroxylation is 1. The van der Waals surface area contributed by atoms with Crippen LogP contribution in [0.3, 0.4) is 0 Å². The Balaban J connectivity index is 1.89. The number of methoxy groups -OCH3 is 2. The molecule has 2 amide bonds. The minimum Gasteiger partial charge on any atom is -0.497 e. The molecule has 1 aromatic heterocycles. The molecule has 0 saturated heterocycles. The lowest BCUT2D eigenvalue weighted by molar-refractivity contribution is -0.153. The van der Waals surface area contributed by atoms with Crippen molar-refractivity contribution in [3.8, 4) is 11.5 Å². The van der Waals surface area contributed by atoms with Crippen molar-refractivity contribution in [1.82, 2.24) is 0 Å². The highest BCUT2D eigenvalue weighted by molar-refractivity contribution is 7.14. The van der Waals surface area contributed by atoms with Crippen LogP contribution in [-0.4, -0.2) is 38.1 Å².